The normalized spacial score (nSPS) is 21.5. The number of rotatable bonds is 3. The molecule has 0 radical (unpaired) electrons. The van der Waals surface area contributed by atoms with Gasteiger partial charge < -0.3 is 15.1 Å². The van der Waals surface area contributed by atoms with Crippen LogP contribution in [0.25, 0.3) is 0 Å². The number of piperidine rings is 1. The van der Waals surface area contributed by atoms with Gasteiger partial charge in [-0.25, -0.2) is 0 Å². The fraction of sp³-hybridized carbons (Fsp3) is 0.650. The van der Waals surface area contributed by atoms with E-state index in [9.17, 15) is 0 Å². The summed E-state index contributed by atoms with van der Waals surface area (Å²) in [4.78, 5) is 4.14. The number of nitrogens with zero attached hydrogens (tertiary/aromatic N) is 1. The van der Waals surface area contributed by atoms with Crippen molar-refractivity contribution in [2.45, 2.75) is 64.0 Å². The molecule has 3 rings (SSSR count). The van der Waals surface area contributed by atoms with Crippen LogP contribution in [-0.2, 0) is 0 Å². The van der Waals surface area contributed by atoms with E-state index in [1.807, 2.05) is 0 Å². The molecule has 2 aliphatic rings. The first kappa shape index (κ1) is 17.7. The number of hydrogen-bond acceptors (Lipinski definition) is 1. The maximum Gasteiger partial charge on any atom is 0.173 e. The molecule has 2 fully saturated rings. The molecule has 1 atom stereocenters. The van der Waals surface area contributed by atoms with E-state index in [4.69, 9.17) is 12.2 Å². The lowest BCUT2D eigenvalue weighted by Gasteiger charge is -2.39. The quantitative estimate of drug-likeness (QED) is 0.821. The van der Waals surface area contributed by atoms with Crippen molar-refractivity contribution in [2.75, 3.05) is 25.5 Å². The van der Waals surface area contributed by atoms with Crippen molar-refractivity contribution in [1.82, 2.24) is 4.90 Å². The van der Waals surface area contributed by atoms with Crippen LogP contribution >= 0.6 is 12.2 Å². The number of thiocarbonyl (C=S) groups is 1. The van der Waals surface area contributed by atoms with Crippen LogP contribution in [-0.4, -0.2) is 42.2 Å². The van der Waals surface area contributed by atoms with Gasteiger partial charge in [-0.1, -0.05) is 24.6 Å². The Morgan fingerprint density at radius 3 is 2.33 bits per heavy atom. The average Bonchev–Trinajstić information content (AvgIpc) is 2.64. The zero-order chi connectivity index (χ0) is 16.9. The Balaban J connectivity index is 1.49. The van der Waals surface area contributed by atoms with Crippen LogP contribution in [0.5, 0.6) is 0 Å². The molecule has 24 heavy (non-hydrogen) atoms. The molecule has 4 heteroatoms. The summed E-state index contributed by atoms with van der Waals surface area (Å²) >= 11 is 5.65. The first-order valence-corrected chi connectivity index (χ1v) is 10.0. The molecule has 1 aromatic carbocycles. The molecule has 0 aromatic heterocycles. The van der Waals surface area contributed by atoms with E-state index in [0.29, 0.717) is 0 Å². The Morgan fingerprint density at radius 2 is 1.67 bits per heavy atom. The molecule has 1 aliphatic carbocycles. The molecule has 1 aliphatic heterocycles. The molecule has 2 N–H and O–H groups in total. The standard InChI is InChI=1S/C20H31N3S/c1-16-8-6-7-11-19(16)21-20(24)23-14-12-18(13-15-23)22(2)17-9-4-3-5-10-17/h6-8,11,17-18H,3-5,9-10,12-15H2,1-2H3,(H,21,24)/p+1. The first-order valence-electron chi connectivity index (χ1n) is 9.60. The third-order valence-corrected chi connectivity index (χ3v) is 6.42. The molecule has 1 aromatic rings. The third kappa shape index (κ3) is 4.28. The maximum absolute atomic E-state index is 5.65. The van der Waals surface area contributed by atoms with Crippen molar-refractivity contribution in [3.05, 3.63) is 29.8 Å². The van der Waals surface area contributed by atoms with Crippen molar-refractivity contribution in [1.29, 1.82) is 0 Å². The van der Waals surface area contributed by atoms with Crippen molar-refractivity contribution in [2.24, 2.45) is 0 Å². The van der Waals surface area contributed by atoms with Gasteiger partial charge in [-0.2, -0.15) is 0 Å². The highest BCUT2D eigenvalue weighted by Gasteiger charge is 2.31. The Bertz CT molecular complexity index is 546. The lowest BCUT2D eigenvalue weighted by atomic mass is 9.92. The van der Waals surface area contributed by atoms with Crippen LogP contribution in [0.15, 0.2) is 24.3 Å². The molecule has 0 spiro atoms. The van der Waals surface area contributed by atoms with Crippen molar-refractivity contribution in [3.63, 3.8) is 0 Å². The molecule has 132 valence electrons. The fourth-order valence-electron chi connectivity index (χ4n) is 4.34. The number of hydrogen-bond donors (Lipinski definition) is 2. The minimum atomic E-state index is 0.811. The molecule has 0 bridgehead atoms. The van der Waals surface area contributed by atoms with Gasteiger partial charge in [0.15, 0.2) is 5.11 Å². The van der Waals surface area contributed by atoms with Gasteiger partial charge in [-0.3, -0.25) is 0 Å². The summed E-state index contributed by atoms with van der Waals surface area (Å²) in [5.41, 5.74) is 2.38. The van der Waals surface area contributed by atoms with Crippen LogP contribution < -0.4 is 10.2 Å². The van der Waals surface area contributed by atoms with Gasteiger partial charge in [-0.05, 0) is 56.5 Å². The van der Waals surface area contributed by atoms with Crippen LogP contribution in [0.1, 0.15) is 50.5 Å². The van der Waals surface area contributed by atoms with Crippen LogP contribution in [0, 0.1) is 6.92 Å². The second-order valence-electron chi connectivity index (χ2n) is 7.59. The monoisotopic (exact) mass is 346 g/mol. The topological polar surface area (TPSA) is 19.7 Å². The minimum absolute atomic E-state index is 0.811. The van der Waals surface area contributed by atoms with E-state index >= 15 is 0 Å². The number of anilines is 1. The van der Waals surface area contributed by atoms with Gasteiger partial charge in [0.1, 0.15) is 0 Å². The van der Waals surface area contributed by atoms with Crippen molar-refractivity contribution < 1.29 is 4.90 Å². The third-order valence-electron chi connectivity index (χ3n) is 6.06. The molecular weight excluding hydrogens is 314 g/mol. The first-order chi connectivity index (χ1) is 11.6. The molecule has 1 saturated carbocycles. The number of likely N-dealkylation sites (tertiary alicyclic amines) is 1. The summed E-state index contributed by atoms with van der Waals surface area (Å²) < 4.78 is 0. The fourth-order valence-corrected chi connectivity index (χ4v) is 4.63. The molecule has 1 unspecified atom stereocenters. The second-order valence-corrected chi connectivity index (χ2v) is 7.97. The van der Waals surface area contributed by atoms with E-state index in [1.54, 1.807) is 4.90 Å². The highest BCUT2D eigenvalue weighted by Crippen LogP contribution is 2.18. The molecule has 3 nitrogen and oxygen atoms in total. The van der Waals surface area contributed by atoms with Crippen molar-refractivity contribution >= 4 is 23.0 Å². The van der Waals surface area contributed by atoms with Crippen molar-refractivity contribution in [3.8, 4) is 0 Å². The van der Waals surface area contributed by atoms with Crippen LogP contribution in [0.4, 0.5) is 5.69 Å². The lowest BCUT2D eigenvalue weighted by Crippen LogP contribution is -3.17. The SMILES string of the molecule is Cc1ccccc1NC(=S)N1CCC([NH+](C)C2CCCCC2)CC1. The summed E-state index contributed by atoms with van der Waals surface area (Å²) in [6, 6.07) is 10.1. The number of quaternary nitrogens is 1. The van der Waals surface area contributed by atoms with E-state index < -0.39 is 0 Å². The molecule has 0 amide bonds. The van der Waals surface area contributed by atoms with Gasteiger partial charge in [0.25, 0.3) is 0 Å². The van der Waals surface area contributed by atoms with Gasteiger partial charge >= 0.3 is 0 Å². The second kappa shape index (κ2) is 8.30. The Hall–Kier alpha value is -1.13. The minimum Gasteiger partial charge on any atom is -0.349 e. The summed E-state index contributed by atoms with van der Waals surface area (Å²) in [5, 5.41) is 4.33. The predicted molar refractivity (Wildman–Crippen MR) is 106 cm³/mol. The van der Waals surface area contributed by atoms with E-state index in [1.165, 1.54) is 50.5 Å². The van der Waals surface area contributed by atoms with E-state index in [2.05, 4.69) is 48.5 Å². The molecular formula is C20H32N3S+. The highest BCUT2D eigenvalue weighted by molar-refractivity contribution is 7.80. The molecule has 1 saturated heterocycles. The van der Waals surface area contributed by atoms with Gasteiger partial charge in [0, 0.05) is 31.6 Å². The summed E-state index contributed by atoms with van der Waals surface area (Å²) in [7, 11) is 2.43. The maximum atomic E-state index is 5.65. The number of aryl methyl sites for hydroxylation is 1. The zero-order valence-corrected chi connectivity index (χ0v) is 16.0. The van der Waals surface area contributed by atoms with Gasteiger partial charge in [0.2, 0.25) is 0 Å². The number of nitrogens with one attached hydrogen (secondary N) is 2. The van der Waals surface area contributed by atoms with Crippen LogP contribution in [0.2, 0.25) is 0 Å². The van der Waals surface area contributed by atoms with Gasteiger partial charge in [-0.15, -0.1) is 0 Å². The largest absolute Gasteiger partial charge is 0.349 e. The Morgan fingerprint density at radius 1 is 1.04 bits per heavy atom. The van der Waals surface area contributed by atoms with E-state index in [0.717, 1.165) is 36.0 Å². The van der Waals surface area contributed by atoms with Gasteiger partial charge in [0.05, 0.1) is 19.1 Å². The highest BCUT2D eigenvalue weighted by atomic mass is 32.1. The Kier molecular flexibility index (Phi) is 6.12. The molecule has 1 heterocycles. The number of benzene rings is 1. The Labute approximate surface area is 152 Å². The summed E-state index contributed by atoms with van der Waals surface area (Å²) in [6.45, 7) is 4.30. The van der Waals surface area contributed by atoms with Crippen LogP contribution in [0.3, 0.4) is 0 Å². The average molecular weight is 347 g/mol. The predicted octanol–water partition coefficient (Wildman–Crippen LogP) is 3.00. The smallest absolute Gasteiger partial charge is 0.173 e. The summed E-state index contributed by atoms with van der Waals surface area (Å²) in [6.07, 6.45) is 9.70. The van der Waals surface area contributed by atoms with E-state index in [-0.39, 0.29) is 0 Å². The number of para-hydroxylation sites is 1. The zero-order valence-electron chi connectivity index (χ0n) is 15.2. The lowest BCUT2D eigenvalue weighted by molar-refractivity contribution is -0.933. The summed E-state index contributed by atoms with van der Waals surface area (Å²) in [5.74, 6) is 0.